The third-order valence-electron chi connectivity index (χ3n) is 7.16. The highest BCUT2D eigenvalue weighted by atomic mass is 32.1. The molecule has 0 bridgehead atoms. The van der Waals surface area contributed by atoms with Gasteiger partial charge in [0.25, 0.3) is 0 Å². The third kappa shape index (κ3) is 5.96. The number of benzene rings is 2. The molecule has 1 aliphatic rings. The van der Waals surface area contributed by atoms with Crippen molar-refractivity contribution in [3.63, 3.8) is 0 Å². The molecule has 1 saturated heterocycles. The fourth-order valence-corrected chi connectivity index (χ4v) is 6.30. The number of nitrogens with one attached hydrogen (secondary N) is 2. The Bertz CT molecular complexity index is 1380. The van der Waals surface area contributed by atoms with Crippen LogP contribution in [0.1, 0.15) is 49.6 Å². The van der Waals surface area contributed by atoms with Crippen LogP contribution in [0.4, 0.5) is 0 Å². The molecule has 2 heterocycles. The summed E-state index contributed by atoms with van der Waals surface area (Å²) in [5, 5.41) is 16.6. The topological polar surface area (TPSA) is 139 Å². The second-order valence-electron chi connectivity index (χ2n) is 9.81. The van der Waals surface area contributed by atoms with Crippen LogP contribution < -0.4 is 10.5 Å². The Kier molecular flexibility index (Phi) is 9.09. The summed E-state index contributed by atoms with van der Waals surface area (Å²) in [4.78, 5) is 30.1. The predicted molar refractivity (Wildman–Crippen MR) is 157 cm³/mol. The molecule has 0 aliphatic carbocycles. The van der Waals surface area contributed by atoms with E-state index in [1.54, 1.807) is 51.1 Å². The predicted octanol–water partition coefficient (Wildman–Crippen LogP) is 4.63. The van der Waals surface area contributed by atoms with Gasteiger partial charge in [0, 0.05) is 28.1 Å². The second kappa shape index (κ2) is 12.5. The first kappa shape index (κ1) is 29.1. The highest BCUT2D eigenvalue weighted by Crippen LogP contribution is 2.37. The first-order chi connectivity index (χ1) is 19.2. The molecule has 40 heavy (non-hydrogen) atoms. The van der Waals surface area contributed by atoms with Gasteiger partial charge in [-0.15, -0.1) is 11.3 Å². The molecule has 0 saturated carbocycles. The van der Waals surface area contributed by atoms with Crippen LogP contribution in [0.25, 0.3) is 10.1 Å². The van der Waals surface area contributed by atoms with Crippen molar-refractivity contribution in [1.29, 1.82) is 10.8 Å². The molecule has 212 valence electrons. The van der Waals surface area contributed by atoms with Gasteiger partial charge in [0.1, 0.15) is 18.2 Å². The lowest BCUT2D eigenvalue weighted by Gasteiger charge is -2.29. The van der Waals surface area contributed by atoms with Gasteiger partial charge < -0.3 is 24.8 Å². The Labute approximate surface area is 238 Å². The van der Waals surface area contributed by atoms with E-state index in [0.717, 1.165) is 34.3 Å². The molecular formula is C30H36N4O5S. The summed E-state index contributed by atoms with van der Waals surface area (Å²) in [7, 11) is 0. The number of hydrogen-bond donors (Lipinski definition) is 3. The molecule has 1 aliphatic heterocycles. The molecule has 1 atom stereocenters. The molecule has 10 heteroatoms. The number of fused-ring (bicyclic) bond motifs is 1. The quantitative estimate of drug-likeness (QED) is 0.134. The minimum absolute atomic E-state index is 0.0297. The van der Waals surface area contributed by atoms with E-state index in [4.69, 9.17) is 30.8 Å². The number of amidine groups is 2. The first-order valence-electron chi connectivity index (χ1n) is 13.5. The molecule has 0 radical (unpaired) electrons. The summed E-state index contributed by atoms with van der Waals surface area (Å²) in [6.07, 6.45) is 2.04. The van der Waals surface area contributed by atoms with Crippen LogP contribution in [0.5, 0.6) is 5.75 Å². The Hall–Kier alpha value is -3.92. The van der Waals surface area contributed by atoms with Gasteiger partial charge in [0.15, 0.2) is 5.41 Å². The number of ether oxygens (including phenoxy) is 3. The van der Waals surface area contributed by atoms with Gasteiger partial charge in [0.05, 0.1) is 25.1 Å². The van der Waals surface area contributed by atoms with E-state index in [2.05, 4.69) is 0 Å². The van der Waals surface area contributed by atoms with Crippen LogP contribution in [-0.2, 0) is 30.9 Å². The lowest BCUT2D eigenvalue weighted by Crippen LogP contribution is -2.48. The van der Waals surface area contributed by atoms with E-state index in [0.29, 0.717) is 29.3 Å². The van der Waals surface area contributed by atoms with Crippen LogP contribution in [0.3, 0.4) is 0 Å². The normalized spacial score (nSPS) is 15.2. The number of thiophene rings is 1. The van der Waals surface area contributed by atoms with E-state index in [1.807, 2.05) is 23.1 Å². The van der Waals surface area contributed by atoms with Gasteiger partial charge >= 0.3 is 11.9 Å². The molecule has 1 fully saturated rings. The smallest absolute Gasteiger partial charge is 0.328 e. The van der Waals surface area contributed by atoms with Gasteiger partial charge in [-0.2, -0.15) is 0 Å². The Morgan fingerprint density at radius 2 is 1.73 bits per heavy atom. The number of rotatable bonds is 11. The molecule has 0 amide bonds. The van der Waals surface area contributed by atoms with Crippen molar-refractivity contribution in [3.8, 4) is 5.75 Å². The lowest BCUT2D eigenvalue weighted by atomic mass is 9.76. The van der Waals surface area contributed by atoms with Gasteiger partial charge in [-0.25, -0.2) is 0 Å². The summed E-state index contributed by atoms with van der Waals surface area (Å²) >= 11 is 1.46. The lowest BCUT2D eigenvalue weighted by molar-refractivity contribution is -0.164. The van der Waals surface area contributed by atoms with Crippen molar-refractivity contribution in [3.05, 3.63) is 64.5 Å². The number of carbonyl (C=O) groups is 2. The largest absolute Gasteiger partial charge is 0.491 e. The van der Waals surface area contributed by atoms with Crippen molar-refractivity contribution >= 4 is 45.0 Å². The standard InChI is InChI=1S/C30H36N4O5S/c1-4-37-28(35)30(29(36)38-5-2,17-25-16-21-15-20(27(32)33)8-13-26(21)40-25)22-9-11-24(12-10-22)39-18-23-7-6-14-34(23)19(3)31/h8-13,15-16,23,31H,4-7,14,17-18H2,1-3H3,(H3,32,33)/t23-/m1/s1. The SMILES string of the molecule is CCOC(=O)C(Cc1cc2cc(C(=N)N)ccc2s1)(C(=O)OCC)c1ccc(OC[C@H]2CCCN2C(C)=N)cc1. The Morgan fingerprint density at radius 3 is 2.33 bits per heavy atom. The molecule has 4 rings (SSSR count). The summed E-state index contributed by atoms with van der Waals surface area (Å²) in [5.74, 6) is -0.232. The average Bonchev–Trinajstić information content (AvgIpc) is 3.57. The number of nitrogens with two attached hydrogens (primary N) is 1. The van der Waals surface area contributed by atoms with E-state index < -0.39 is 17.4 Å². The van der Waals surface area contributed by atoms with Gasteiger partial charge in [-0.1, -0.05) is 12.1 Å². The van der Waals surface area contributed by atoms with Crippen LogP contribution in [0.15, 0.2) is 48.5 Å². The molecular weight excluding hydrogens is 528 g/mol. The fourth-order valence-electron chi connectivity index (χ4n) is 5.17. The molecule has 0 unspecified atom stereocenters. The number of hydrogen-bond acceptors (Lipinski definition) is 8. The van der Waals surface area contributed by atoms with Crippen molar-refractivity contribution in [1.82, 2.24) is 4.90 Å². The van der Waals surface area contributed by atoms with Crippen LogP contribution in [0.2, 0.25) is 0 Å². The minimum atomic E-state index is -1.71. The molecule has 2 aromatic carbocycles. The number of nitrogens with zero attached hydrogens (tertiary/aromatic N) is 1. The zero-order valence-electron chi connectivity index (χ0n) is 23.1. The molecule has 0 spiro atoms. The molecule has 9 nitrogen and oxygen atoms in total. The van der Waals surface area contributed by atoms with Gasteiger partial charge in [-0.3, -0.25) is 20.4 Å². The number of likely N-dealkylation sites (tertiary alicyclic amines) is 1. The zero-order chi connectivity index (χ0) is 28.9. The summed E-state index contributed by atoms with van der Waals surface area (Å²) in [6.45, 7) is 6.72. The van der Waals surface area contributed by atoms with Gasteiger partial charge in [-0.05, 0) is 81.0 Å². The monoisotopic (exact) mass is 564 g/mol. The average molecular weight is 565 g/mol. The first-order valence-corrected chi connectivity index (χ1v) is 14.3. The fraction of sp³-hybridized carbons (Fsp3) is 0.400. The maximum Gasteiger partial charge on any atom is 0.328 e. The van der Waals surface area contributed by atoms with Gasteiger partial charge in [0.2, 0.25) is 0 Å². The van der Waals surface area contributed by atoms with Crippen LogP contribution in [0, 0.1) is 10.8 Å². The minimum Gasteiger partial charge on any atom is -0.491 e. The third-order valence-corrected chi connectivity index (χ3v) is 8.28. The summed E-state index contributed by atoms with van der Waals surface area (Å²) < 4.78 is 17.9. The summed E-state index contributed by atoms with van der Waals surface area (Å²) in [6, 6.07) is 14.5. The maximum absolute atomic E-state index is 13.6. The molecule has 4 N–H and O–H groups in total. The Morgan fingerprint density at radius 1 is 1.05 bits per heavy atom. The van der Waals surface area contributed by atoms with E-state index in [-0.39, 0.29) is 31.5 Å². The number of nitrogen functional groups attached to an aromatic ring is 1. The molecule has 1 aromatic heterocycles. The van der Waals surface area contributed by atoms with E-state index in [1.165, 1.54) is 11.3 Å². The van der Waals surface area contributed by atoms with Crippen molar-refractivity contribution in [2.75, 3.05) is 26.4 Å². The Balaban J connectivity index is 1.67. The highest BCUT2D eigenvalue weighted by Gasteiger charge is 2.51. The van der Waals surface area contributed by atoms with E-state index >= 15 is 0 Å². The number of esters is 2. The van der Waals surface area contributed by atoms with Crippen LogP contribution >= 0.6 is 11.3 Å². The maximum atomic E-state index is 13.6. The van der Waals surface area contributed by atoms with E-state index in [9.17, 15) is 9.59 Å². The van der Waals surface area contributed by atoms with Crippen molar-refractivity contribution in [2.45, 2.75) is 51.5 Å². The molecule has 3 aromatic rings. The zero-order valence-corrected chi connectivity index (χ0v) is 23.9. The van der Waals surface area contributed by atoms with Crippen molar-refractivity contribution in [2.24, 2.45) is 5.73 Å². The highest BCUT2D eigenvalue weighted by molar-refractivity contribution is 7.19. The summed E-state index contributed by atoms with van der Waals surface area (Å²) in [5.41, 5.74) is 5.01. The number of carbonyl (C=O) groups excluding carboxylic acids is 2. The van der Waals surface area contributed by atoms with Crippen LogP contribution in [-0.4, -0.2) is 60.9 Å². The second-order valence-corrected chi connectivity index (χ2v) is 11.0. The van der Waals surface area contributed by atoms with Crippen molar-refractivity contribution < 1.29 is 23.8 Å².